The van der Waals surface area contributed by atoms with E-state index in [4.69, 9.17) is 15.3 Å². The Balaban J connectivity index is 2.72. The first-order valence-electron chi connectivity index (χ1n) is 6.54. The summed E-state index contributed by atoms with van der Waals surface area (Å²) >= 11 is 0. The van der Waals surface area contributed by atoms with Crippen LogP contribution in [0.1, 0.15) is 25.5 Å². The van der Waals surface area contributed by atoms with E-state index in [-0.39, 0.29) is 12.1 Å². The summed E-state index contributed by atoms with van der Waals surface area (Å²) in [4.78, 5) is 4.52. The Labute approximate surface area is 120 Å². The van der Waals surface area contributed by atoms with Gasteiger partial charge in [0.15, 0.2) is 0 Å². The largest absolute Gasteiger partial charge is 0.497 e. The van der Waals surface area contributed by atoms with Gasteiger partial charge in [-0.15, -0.1) is 0 Å². The van der Waals surface area contributed by atoms with E-state index in [1.165, 1.54) is 0 Å². The fraction of sp³-hybridized carbons (Fsp3) is 0.500. The molecule has 2 unspecified atom stereocenters. The first-order valence-corrected chi connectivity index (χ1v) is 6.54. The zero-order valence-corrected chi connectivity index (χ0v) is 12.5. The van der Waals surface area contributed by atoms with Crippen molar-refractivity contribution in [1.82, 2.24) is 10.7 Å². The van der Waals surface area contributed by atoms with Gasteiger partial charge in [0.2, 0.25) is 5.96 Å². The molecule has 0 aliphatic carbocycles. The number of aliphatic imine (C=N–C) groups is 1. The average molecular weight is 280 g/mol. The van der Waals surface area contributed by atoms with Crippen LogP contribution in [0, 0.1) is 0 Å². The number of hydrazine groups is 1. The Bertz CT molecular complexity index is 420. The van der Waals surface area contributed by atoms with Crippen molar-refractivity contribution in [2.24, 2.45) is 10.8 Å². The lowest BCUT2D eigenvalue weighted by Gasteiger charge is -2.17. The zero-order valence-electron chi connectivity index (χ0n) is 12.5. The molecule has 0 spiro atoms. The summed E-state index contributed by atoms with van der Waals surface area (Å²) in [6.07, 6.45) is 0. The molecule has 1 aromatic rings. The second-order valence-electron chi connectivity index (χ2n) is 4.57. The van der Waals surface area contributed by atoms with Crippen molar-refractivity contribution >= 4 is 5.96 Å². The molecule has 112 valence electrons. The molecule has 20 heavy (non-hydrogen) atoms. The molecule has 0 saturated heterocycles. The maximum atomic E-state index is 5.49. The van der Waals surface area contributed by atoms with Gasteiger partial charge in [-0.1, -0.05) is 12.1 Å². The Morgan fingerprint density at radius 2 is 1.90 bits per heavy atom. The molecule has 0 radical (unpaired) electrons. The van der Waals surface area contributed by atoms with Gasteiger partial charge < -0.3 is 14.8 Å². The molecule has 0 heterocycles. The molecule has 0 aliphatic heterocycles. The van der Waals surface area contributed by atoms with Crippen LogP contribution >= 0.6 is 0 Å². The van der Waals surface area contributed by atoms with Crippen molar-refractivity contribution in [1.29, 1.82) is 0 Å². The molecule has 0 bridgehead atoms. The Morgan fingerprint density at radius 1 is 1.25 bits per heavy atom. The molecular weight excluding hydrogens is 256 g/mol. The Hall–Kier alpha value is -1.79. The van der Waals surface area contributed by atoms with Crippen molar-refractivity contribution in [2.45, 2.75) is 25.9 Å². The highest BCUT2D eigenvalue weighted by Crippen LogP contribution is 2.19. The highest BCUT2D eigenvalue weighted by molar-refractivity contribution is 5.79. The summed E-state index contributed by atoms with van der Waals surface area (Å²) in [6, 6.07) is 7.90. The molecule has 0 fully saturated rings. The van der Waals surface area contributed by atoms with Crippen molar-refractivity contribution in [3.63, 3.8) is 0 Å². The normalized spacial score (nSPS) is 14.6. The summed E-state index contributed by atoms with van der Waals surface area (Å²) in [5.41, 5.74) is 3.66. The molecular formula is C14H24N4O2. The van der Waals surface area contributed by atoms with E-state index in [1.54, 1.807) is 14.2 Å². The topological polar surface area (TPSA) is 80.9 Å². The molecule has 2 atom stereocenters. The average Bonchev–Trinajstić information content (AvgIpc) is 2.46. The van der Waals surface area contributed by atoms with E-state index < -0.39 is 0 Å². The number of nitrogens with zero attached hydrogens (tertiary/aromatic N) is 1. The molecule has 0 amide bonds. The summed E-state index contributed by atoms with van der Waals surface area (Å²) < 4.78 is 10.2. The lowest BCUT2D eigenvalue weighted by molar-refractivity contribution is 0.179. The molecule has 0 saturated carbocycles. The number of rotatable bonds is 6. The Kier molecular flexibility index (Phi) is 6.83. The van der Waals surface area contributed by atoms with Crippen molar-refractivity contribution in [3.8, 4) is 5.75 Å². The standard InChI is InChI=1S/C14H24N4O2/c1-10(9-19-3)16-14(18-15)17-11(2)12-5-7-13(20-4)8-6-12/h5-8,10-11H,9,15H2,1-4H3,(H2,16,17,18). The molecule has 1 rings (SSSR count). The van der Waals surface area contributed by atoms with Gasteiger partial charge in [0, 0.05) is 13.2 Å². The lowest BCUT2D eigenvalue weighted by atomic mass is 10.1. The quantitative estimate of drug-likeness (QED) is 0.316. The van der Waals surface area contributed by atoms with Gasteiger partial charge in [0.05, 0.1) is 19.8 Å². The number of guanidine groups is 1. The van der Waals surface area contributed by atoms with Gasteiger partial charge >= 0.3 is 0 Å². The first-order chi connectivity index (χ1) is 9.60. The van der Waals surface area contributed by atoms with E-state index in [9.17, 15) is 0 Å². The molecule has 6 heteroatoms. The van der Waals surface area contributed by atoms with Gasteiger partial charge in [-0.05, 0) is 31.5 Å². The number of nitrogens with two attached hydrogens (primary N) is 1. The van der Waals surface area contributed by atoms with Gasteiger partial charge in [0.1, 0.15) is 5.75 Å². The smallest absolute Gasteiger partial charge is 0.206 e. The number of nitrogens with one attached hydrogen (secondary N) is 2. The van der Waals surface area contributed by atoms with Crippen molar-refractivity contribution < 1.29 is 9.47 Å². The van der Waals surface area contributed by atoms with E-state index in [0.29, 0.717) is 12.6 Å². The maximum Gasteiger partial charge on any atom is 0.206 e. The molecule has 4 N–H and O–H groups in total. The van der Waals surface area contributed by atoms with Gasteiger partial charge in [-0.2, -0.15) is 0 Å². The predicted octanol–water partition coefficient (Wildman–Crippen LogP) is 1.20. The third kappa shape index (κ3) is 5.07. The highest BCUT2D eigenvalue weighted by atomic mass is 16.5. The van der Waals surface area contributed by atoms with Crippen LogP contribution in [0.25, 0.3) is 0 Å². The molecule has 0 aromatic heterocycles. The Morgan fingerprint density at radius 3 is 2.40 bits per heavy atom. The summed E-state index contributed by atoms with van der Waals surface area (Å²) in [7, 11) is 3.30. The second-order valence-corrected chi connectivity index (χ2v) is 4.57. The van der Waals surface area contributed by atoms with E-state index in [0.717, 1.165) is 11.3 Å². The van der Waals surface area contributed by atoms with Crippen LogP contribution in [0.15, 0.2) is 29.3 Å². The number of ether oxygens (including phenoxy) is 2. The van der Waals surface area contributed by atoms with E-state index in [1.807, 2.05) is 38.1 Å². The third-order valence-corrected chi connectivity index (χ3v) is 2.86. The van der Waals surface area contributed by atoms with E-state index >= 15 is 0 Å². The van der Waals surface area contributed by atoms with Gasteiger partial charge in [-0.3, -0.25) is 5.43 Å². The number of hydrogen-bond donors (Lipinski definition) is 3. The van der Waals surface area contributed by atoms with Crippen LogP contribution in [-0.4, -0.2) is 32.8 Å². The van der Waals surface area contributed by atoms with Crippen LogP contribution in [0.2, 0.25) is 0 Å². The number of methoxy groups -OCH3 is 2. The van der Waals surface area contributed by atoms with Crippen LogP contribution < -0.4 is 21.3 Å². The summed E-state index contributed by atoms with van der Waals surface area (Å²) in [5, 5.41) is 3.15. The fourth-order valence-corrected chi connectivity index (χ4v) is 1.79. The third-order valence-electron chi connectivity index (χ3n) is 2.86. The number of hydrogen-bond acceptors (Lipinski definition) is 4. The maximum absolute atomic E-state index is 5.49. The minimum absolute atomic E-state index is 0.0193. The molecule has 1 aromatic carbocycles. The second kappa shape index (κ2) is 8.39. The molecule has 0 aliphatic rings. The summed E-state index contributed by atoms with van der Waals surface area (Å²) in [6.45, 7) is 4.58. The zero-order chi connectivity index (χ0) is 15.0. The van der Waals surface area contributed by atoms with Gasteiger partial charge in [-0.25, -0.2) is 10.8 Å². The summed E-state index contributed by atoms with van der Waals surface area (Å²) in [5.74, 6) is 6.85. The monoisotopic (exact) mass is 280 g/mol. The molecule has 6 nitrogen and oxygen atoms in total. The first kappa shape index (κ1) is 16.3. The van der Waals surface area contributed by atoms with Crippen molar-refractivity contribution in [2.75, 3.05) is 20.8 Å². The lowest BCUT2D eigenvalue weighted by Crippen LogP contribution is -2.47. The van der Waals surface area contributed by atoms with Crippen LogP contribution in [0.3, 0.4) is 0 Å². The minimum Gasteiger partial charge on any atom is -0.497 e. The van der Waals surface area contributed by atoms with Crippen molar-refractivity contribution in [3.05, 3.63) is 29.8 Å². The van der Waals surface area contributed by atoms with Crippen LogP contribution in [0.4, 0.5) is 0 Å². The van der Waals surface area contributed by atoms with E-state index in [2.05, 4.69) is 15.7 Å². The minimum atomic E-state index is -0.0193. The highest BCUT2D eigenvalue weighted by Gasteiger charge is 2.08. The SMILES string of the molecule is COCC(C)NC(=NC(C)c1ccc(OC)cc1)NN. The van der Waals surface area contributed by atoms with Crippen LogP contribution in [-0.2, 0) is 4.74 Å². The van der Waals surface area contributed by atoms with Gasteiger partial charge in [0.25, 0.3) is 0 Å². The van der Waals surface area contributed by atoms with Crippen LogP contribution in [0.5, 0.6) is 5.75 Å². The number of benzene rings is 1. The fourth-order valence-electron chi connectivity index (χ4n) is 1.79. The predicted molar refractivity (Wildman–Crippen MR) is 80.6 cm³/mol.